The zero-order chi connectivity index (χ0) is 17.0. The largest absolute Gasteiger partial charge is 0.494 e. The number of hydrogen-bond acceptors (Lipinski definition) is 3. The lowest BCUT2D eigenvalue weighted by Crippen LogP contribution is -2.51. The minimum Gasteiger partial charge on any atom is -0.494 e. The molecule has 1 aliphatic rings. The molecule has 1 aliphatic heterocycles. The second-order valence-corrected chi connectivity index (χ2v) is 6.27. The van der Waals surface area contributed by atoms with Gasteiger partial charge in [-0.3, -0.25) is 0 Å². The van der Waals surface area contributed by atoms with Crippen LogP contribution in [0.25, 0.3) is 0 Å². The Morgan fingerprint density at radius 1 is 1.48 bits per heavy atom. The maximum atomic E-state index is 13.8. The summed E-state index contributed by atoms with van der Waals surface area (Å²) < 4.78 is 18.7. The Morgan fingerprint density at radius 3 is 2.83 bits per heavy atom. The zero-order valence-electron chi connectivity index (χ0n) is 14.3. The van der Waals surface area contributed by atoms with E-state index in [1.807, 2.05) is 25.9 Å². The van der Waals surface area contributed by atoms with E-state index in [9.17, 15) is 9.18 Å². The Morgan fingerprint density at radius 2 is 2.22 bits per heavy atom. The lowest BCUT2D eigenvalue weighted by atomic mass is 10.1. The molecule has 2 atom stereocenters. The van der Waals surface area contributed by atoms with Gasteiger partial charge in [0.1, 0.15) is 0 Å². The molecule has 1 saturated heterocycles. The first-order valence-electron chi connectivity index (χ1n) is 7.97. The zero-order valence-corrected chi connectivity index (χ0v) is 14.3. The first kappa shape index (κ1) is 17.5. The predicted octanol–water partition coefficient (Wildman–Crippen LogP) is 2.63. The third kappa shape index (κ3) is 4.34. The van der Waals surface area contributed by atoms with Gasteiger partial charge in [-0.15, -0.1) is 0 Å². The maximum Gasteiger partial charge on any atom is 0.317 e. The van der Waals surface area contributed by atoms with E-state index < -0.39 is 5.82 Å². The van der Waals surface area contributed by atoms with Crippen molar-refractivity contribution < 1.29 is 13.9 Å². The SMILES string of the molecule is COc1ccc([C@H](C)NC(=O)N2CCC[C@@H](N(C)C)C2)cc1F. The monoisotopic (exact) mass is 323 g/mol. The van der Waals surface area contributed by atoms with Gasteiger partial charge < -0.3 is 19.9 Å². The second-order valence-electron chi connectivity index (χ2n) is 6.27. The van der Waals surface area contributed by atoms with E-state index in [0.29, 0.717) is 6.04 Å². The number of benzene rings is 1. The van der Waals surface area contributed by atoms with Crippen LogP contribution in [0.4, 0.5) is 9.18 Å². The predicted molar refractivity (Wildman–Crippen MR) is 88.2 cm³/mol. The summed E-state index contributed by atoms with van der Waals surface area (Å²) >= 11 is 0. The number of nitrogens with one attached hydrogen (secondary N) is 1. The average molecular weight is 323 g/mol. The van der Waals surface area contributed by atoms with Crippen molar-refractivity contribution in [2.24, 2.45) is 0 Å². The van der Waals surface area contributed by atoms with Crippen LogP contribution in [0.1, 0.15) is 31.4 Å². The van der Waals surface area contributed by atoms with Crippen molar-refractivity contribution in [1.82, 2.24) is 15.1 Å². The fraction of sp³-hybridized carbons (Fsp3) is 0.588. The van der Waals surface area contributed by atoms with E-state index in [2.05, 4.69) is 10.2 Å². The highest BCUT2D eigenvalue weighted by Crippen LogP contribution is 2.22. The fourth-order valence-corrected chi connectivity index (χ4v) is 2.87. The molecule has 0 radical (unpaired) electrons. The van der Waals surface area contributed by atoms with Gasteiger partial charge >= 0.3 is 6.03 Å². The molecule has 2 amide bonds. The van der Waals surface area contributed by atoms with Crippen LogP contribution < -0.4 is 10.1 Å². The number of nitrogens with zero attached hydrogens (tertiary/aromatic N) is 2. The Balaban J connectivity index is 1.97. The molecule has 1 heterocycles. The first-order valence-corrected chi connectivity index (χ1v) is 7.97. The third-order valence-corrected chi connectivity index (χ3v) is 4.43. The topological polar surface area (TPSA) is 44.8 Å². The minimum atomic E-state index is -0.420. The quantitative estimate of drug-likeness (QED) is 0.926. The number of rotatable bonds is 4. The van der Waals surface area contributed by atoms with Gasteiger partial charge in [0.25, 0.3) is 0 Å². The third-order valence-electron chi connectivity index (χ3n) is 4.43. The van der Waals surface area contributed by atoms with Gasteiger partial charge in [-0.1, -0.05) is 6.07 Å². The molecule has 0 aliphatic carbocycles. The van der Waals surface area contributed by atoms with Crippen molar-refractivity contribution in [2.75, 3.05) is 34.3 Å². The minimum absolute atomic E-state index is 0.0970. The van der Waals surface area contributed by atoms with Crippen LogP contribution in [-0.2, 0) is 0 Å². The number of amides is 2. The highest BCUT2D eigenvalue weighted by atomic mass is 19.1. The number of piperidine rings is 1. The highest BCUT2D eigenvalue weighted by Gasteiger charge is 2.25. The maximum absolute atomic E-state index is 13.8. The molecule has 2 rings (SSSR count). The summed E-state index contributed by atoms with van der Waals surface area (Å²) in [5.41, 5.74) is 0.720. The van der Waals surface area contributed by atoms with Crippen molar-refractivity contribution in [3.63, 3.8) is 0 Å². The van der Waals surface area contributed by atoms with Crippen LogP contribution in [0.2, 0.25) is 0 Å². The van der Waals surface area contributed by atoms with E-state index in [-0.39, 0.29) is 17.8 Å². The van der Waals surface area contributed by atoms with Gasteiger partial charge in [0.15, 0.2) is 11.6 Å². The number of halogens is 1. The summed E-state index contributed by atoms with van der Waals surface area (Å²) in [6, 6.07) is 4.79. The fourth-order valence-electron chi connectivity index (χ4n) is 2.87. The average Bonchev–Trinajstić information content (AvgIpc) is 2.54. The molecule has 1 aromatic rings. The molecule has 0 saturated carbocycles. The van der Waals surface area contributed by atoms with Gasteiger partial charge in [-0.2, -0.15) is 0 Å². The number of likely N-dealkylation sites (tertiary alicyclic amines) is 1. The van der Waals surface area contributed by atoms with Gasteiger partial charge in [-0.25, -0.2) is 9.18 Å². The van der Waals surface area contributed by atoms with E-state index >= 15 is 0 Å². The highest BCUT2D eigenvalue weighted by molar-refractivity contribution is 5.74. The summed E-state index contributed by atoms with van der Waals surface area (Å²) in [6.45, 7) is 3.34. The molecule has 0 unspecified atom stereocenters. The van der Waals surface area contributed by atoms with Gasteiger partial charge in [-0.05, 0) is 51.6 Å². The normalized spacial score (nSPS) is 19.6. The molecule has 0 bridgehead atoms. The first-order chi connectivity index (χ1) is 10.9. The van der Waals surface area contributed by atoms with Crippen molar-refractivity contribution in [1.29, 1.82) is 0 Å². The summed E-state index contributed by atoms with van der Waals surface area (Å²) in [6.07, 6.45) is 2.11. The van der Waals surface area contributed by atoms with Crippen LogP contribution in [-0.4, -0.2) is 56.2 Å². The number of ether oxygens (including phenoxy) is 1. The molecule has 1 fully saturated rings. The molecule has 128 valence electrons. The number of urea groups is 1. The summed E-state index contributed by atoms with van der Waals surface area (Å²) in [4.78, 5) is 16.4. The van der Waals surface area contributed by atoms with Gasteiger partial charge in [0, 0.05) is 19.1 Å². The lowest BCUT2D eigenvalue weighted by Gasteiger charge is -2.36. The lowest BCUT2D eigenvalue weighted by molar-refractivity contribution is 0.138. The molecule has 1 N–H and O–H groups in total. The van der Waals surface area contributed by atoms with Crippen LogP contribution >= 0.6 is 0 Å². The van der Waals surface area contributed by atoms with E-state index in [1.165, 1.54) is 13.2 Å². The second kappa shape index (κ2) is 7.64. The molecule has 0 aromatic heterocycles. The Kier molecular flexibility index (Phi) is 5.82. The Labute approximate surface area is 137 Å². The molecular weight excluding hydrogens is 297 g/mol. The molecule has 5 nitrogen and oxygen atoms in total. The molecule has 1 aromatic carbocycles. The molecule has 0 spiro atoms. The Hall–Kier alpha value is -1.82. The van der Waals surface area contributed by atoms with Gasteiger partial charge in [0.2, 0.25) is 0 Å². The van der Waals surface area contributed by atoms with Crippen molar-refractivity contribution in [2.45, 2.75) is 31.8 Å². The molecule has 6 heteroatoms. The van der Waals surface area contributed by atoms with Crippen molar-refractivity contribution in [3.05, 3.63) is 29.6 Å². The van der Waals surface area contributed by atoms with Crippen LogP contribution in [0.5, 0.6) is 5.75 Å². The molecule has 23 heavy (non-hydrogen) atoms. The van der Waals surface area contributed by atoms with E-state index in [1.54, 1.807) is 12.1 Å². The standard InChI is InChI=1S/C17H26FN3O2/c1-12(13-7-8-16(23-4)15(18)10-13)19-17(22)21-9-5-6-14(11-21)20(2)3/h7-8,10,12,14H,5-6,9,11H2,1-4H3,(H,19,22)/t12-,14+/m0/s1. The summed E-state index contributed by atoms with van der Waals surface area (Å²) in [5, 5.41) is 2.95. The van der Waals surface area contributed by atoms with Crippen molar-refractivity contribution >= 4 is 6.03 Å². The smallest absolute Gasteiger partial charge is 0.317 e. The number of hydrogen-bond donors (Lipinski definition) is 1. The van der Waals surface area contributed by atoms with Crippen molar-refractivity contribution in [3.8, 4) is 5.75 Å². The van der Waals surface area contributed by atoms with Crippen LogP contribution in [0.15, 0.2) is 18.2 Å². The summed E-state index contributed by atoms with van der Waals surface area (Å²) in [7, 11) is 5.50. The number of methoxy groups -OCH3 is 1. The van der Waals surface area contributed by atoms with E-state index in [4.69, 9.17) is 4.74 Å². The van der Waals surface area contributed by atoms with E-state index in [0.717, 1.165) is 31.5 Å². The van der Waals surface area contributed by atoms with Crippen LogP contribution in [0.3, 0.4) is 0 Å². The number of likely N-dealkylation sites (N-methyl/N-ethyl adjacent to an activating group) is 1. The van der Waals surface area contributed by atoms with Gasteiger partial charge in [0.05, 0.1) is 13.2 Å². The Bertz CT molecular complexity index is 551. The van der Waals surface area contributed by atoms with Crippen LogP contribution in [0, 0.1) is 5.82 Å². The summed E-state index contributed by atoms with van der Waals surface area (Å²) in [5.74, 6) is -0.214. The molecular formula is C17H26FN3O2. The number of carbonyl (C=O) groups is 1. The number of carbonyl (C=O) groups excluding carboxylic acids is 1.